The molecule has 1 saturated heterocycles. The minimum Gasteiger partial charge on any atom is -0.491 e. The second kappa shape index (κ2) is 8.37. The van der Waals surface area contributed by atoms with Crippen LogP contribution in [-0.2, 0) is 0 Å². The Kier molecular flexibility index (Phi) is 6.49. The van der Waals surface area contributed by atoms with Crippen LogP contribution < -0.4 is 15.0 Å². The molecular formula is C17H30N2O2+2. The molecular weight excluding hydrogens is 264 g/mol. The Morgan fingerprint density at radius 2 is 2.33 bits per heavy atom. The standard InChI is InChI=1S/C17H28N2O2/c1-3-19-9-5-7-15(19)11-18-12-16(20)13-21-17-8-4-6-14(2)10-17/h4,6,8,10,15-16,18,20H,3,5,7,9,11-13H2,1-2H3/p+2/t15-,16-/m0/s1. The molecule has 1 aromatic carbocycles. The molecule has 118 valence electrons. The van der Waals surface area contributed by atoms with Gasteiger partial charge in [-0.15, -0.1) is 0 Å². The molecule has 2 rings (SSSR count). The lowest BCUT2D eigenvalue weighted by Crippen LogP contribution is -3.16. The van der Waals surface area contributed by atoms with E-state index in [9.17, 15) is 5.11 Å². The van der Waals surface area contributed by atoms with Crippen molar-refractivity contribution in [3.63, 3.8) is 0 Å². The number of likely N-dealkylation sites (tertiary alicyclic amines) is 1. The van der Waals surface area contributed by atoms with Crippen LogP contribution in [0.5, 0.6) is 5.75 Å². The molecule has 0 spiro atoms. The molecule has 0 aliphatic carbocycles. The number of ether oxygens (including phenoxy) is 1. The maximum Gasteiger partial charge on any atom is 0.137 e. The number of aliphatic hydroxyl groups is 1. The van der Waals surface area contributed by atoms with E-state index in [0.717, 1.165) is 24.9 Å². The highest BCUT2D eigenvalue weighted by Gasteiger charge is 2.28. The number of aliphatic hydroxyl groups excluding tert-OH is 1. The summed E-state index contributed by atoms with van der Waals surface area (Å²) >= 11 is 0. The van der Waals surface area contributed by atoms with Crippen molar-refractivity contribution in [3.8, 4) is 5.75 Å². The zero-order chi connectivity index (χ0) is 15.1. The van der Waals surface area contributed by atoms with E-state index in [2.05, 4.69) is 12.2 Å². The topological polar surface area (TPSA) is 50.5 Å². The Hall–Kier alpha value is -1.10. The van der Waals surface area contributed by atoms with E-state index in [4.69, 9.17) is 4.74 Å². The van der Waals surface area contributed by atoms with E-state index in [0.29, 0.717) is 6.61 Å². The highest BCUT2D eigenvalue weighted by Crippen LogP contribution is 2.12. The summed E-state index contributed by atoms with van der Waals surface area (Å²) in [5.74, 6) is 0.839. The average Bonchev–Trinajstić information content (AvgIpc) is 2.93. The van der Waals surface area contributed by atoms with Crippen molar-refractivity contribution in [2.45, 2.75) is 38.8 Å². The molecule has 1 aromatic rings. The van der Waals surface area contributed by atoms with E-state index in [-0.39, 0.29) is 0 Å². The fourth-order valence-electron chi connectivity index (χ4n) is 3.19. The number of hydrogen-bond donors (Lipinski definition) is 3. The van der Waals surface area contributed by atoms with Gasteiger partial charge in [-0.05, 0) is 31.5 Å². The first-order valence-corrected chi connectivity index (χ1v) is 8.22. The number of rotatable bonds is 8. The number of hydrogen-bond acceptors (Lipinski definition) is 2. The number of likely N-dealkylation sites (N-methyl/N-ethyl adjacent to an activating group) is 1. The summed E-state index contributed by atoms with van der Waals surface area (Å²) in [6, 6.07) is 8.72. The quantitative estimate of drug-likeness (QED) is 0.598. The fraction of sp³-hybridized carbons (Fsp3) is 0.647. The van der Waals surface area contributed by atoms with Crippen LogP contribution in [0.3, 0.4) is 0 Å². The Morgan fingerprint density at radius 3 is 3.10 bits per heavy atom. The third-order valence-corrected chi connectivity index (χ3v) is 4.40. The van der Waals surface area contributed by atoms with Gasteiger partial charge in [-0.25, -0.2) is 0 Å². The maximum absolute atomic E-state index is 10.0. The zero-order valence-electron chi connectivity index (χ0n) is 13.3. The SMILES string of the molecule is CC[NH+]1CCC[C@H]1C[NH2+]C[C@H](O)COc1cccc(C)c1. The van der Waals surface area contributed by atoms with Gasteiger partial charge in [-0.1, -0.05) is 12.1 Å². The van der Waals surface area contributed by atoms with Crippen molar-refractivity contribution in [2.75, 3.05) is 32.8 Å². The van der Waals surface area contributed by atoms with Gasteiger partial charge >= 0.3 is 0 Å². The minimum absolute atomic E-state index is 0.370. The molecule has 0 aromatic heterocycles. The first kappa shape index (κ1) is 16.3. The summed E-state index contributed by atoms with van der Waals surface area (Å²) in [7, 11) is 0. The van der Waals surface area contributed by atoms with Gasteiger partial charge in [0.25, 0.3) is 0 Å². The van der Waals surface area contributed by atoms with Crippen LogP contribution >= 0.6 is 0 Å². The minimum atomic E-state index is -0.406. The van der Waals surface area contributed by atoms with Gasteiger partial charge in [0.05, 0.1) is 13.1 Å². The van der Waals surface area contributed by atoms with Gasteiger partial charge < -0.3 is 20.1 Å². The number of nitrogens with two attached hydrogens (primary N) is 1. The third kappa shape index (κ3) is 5.30. The smallest absolute Gasteiger partial charge is 0.137 e. The van der Waals surface area contributed by atoms with Crippen molar-refractivity contribution in [3.05, 3.63) is 29.8 Å². The predicted molar refractivity (Wildman–Crippen MR) is 83.7 cm³/mol. The summed E-state index contributed by atoms with van der Waals surface area (Å²) < 4.78 is 5.64. The zero-order valence-corrected chi connectivity index (χ0v) is 13.3. The molecule has 0 amide bonds. The van der Waals surface area contributed by atoms with Gasteiger partial charge in [-0.2, -0.15) is 0 Å². The Morgan fingerprint density at radius 1 is 1.48 bits per heavy atom. The van der Waals surface area contributed by atoms with E-state index in [1.54, 1.807) is 4.90 Å². The molecule has 1 heterocycles. The molecule has 0 saturated carbocycles. The van der Waals surface area contributed by atoms with Crippen LogP contribution in [-0.4, -0.2) is 50.0 Å². The number of quaternary nitrogens is 2. The Balaban J connectivity index is 1.62. The lowest BCUT2D eigenvalue weighted by Gasteiger charge is -2.19. The second-order valence-corrected chi connectivity index (χ2v) is 6.14. The average molecular weight is 294 g/mol. The van der Waals surface area contributed by atoms with E-state index in [1.807, 2.05) is 31.2 Å². The molecule has 3 atom stereocenters. The summed E-state index contributed by atoms with van der Waals surface area (Å²) in [6.45, 7) is 9.04. The molecule has 1 aliphatic heterocycles. The molecule has 1 unspecified atom stereocenters. The van der Waals surface area contributed by atoms with Crippen molar-refractivity contribution < 1.29 is 20.1 Å². The summed E-state index contributed by atoms with van der Waals surface area (Å²) in [4.78, 5) is 1.72. The van der Waals surface area contributed by atoms with Gasteiger partial charge in [0.1, 0.15) is 37.6 Å². The Labute approximate surface area is 128 Å². The summed E-state index contributed by atoms with van der Waals surface area (Å²) in [5.41, 5.74) is 1.18. The third-order valence-electron chi connectivity index (χ3n) is 4.40. The first-order chi connectivity index (χ1) is 10.2. The normalized spacial score (nSPS) is 23.2. The van der Waals surface area contributed by atoms with Crippen molar-refractivity contribution in [1.29, 1.82) is 0 Å². The molecule has 4 nitrogen and oxygen atoms in total. The highest BCUT2D eigenvalue weighted by molar-refractivity contribution is 5.27. The van der Waals surface area contributed by atoms with Crippen LogP contribution in [0, 0.1) is 6.92 Å². The molecule has 21 heavy (non-hydrogen) atoms. The second-order valence-electron chi connectivity index (χ2n) is 6.14. The van der Waals surface area contributed by atoms with Gasteiger partial charge in [0.15, 0.2) is 0 Å². The van der Waals surface area contributed by atoms with Crippen LogP contribution in [0.1, 0.15) is 25.3 Å². The van der Waals surface area contributed by atoms with Gasteiger partial charge in [0, 0.05) is 12.8 Å². The van der Waals surface area contributed by atoms with Gasteiger partial charge in [-0.3, -0.25) is 0 Å². The van der Waals surface area contributed by atoms with E-state index >= 15 is 0 Å². The highest BCUT2D eigenvalue weighted by atomic mass is 16.5. The number of nitrogens with one attached hydrogen (secondary N) is 1. The summed E-state index contributed by atoms with van der Waals surface area (Å²) in [5, 5.41) is 12.3. The van der Waals surface area contributed by atoms with E-state index < -0.39 is 6.10 Å². The van der Waals surface area contributed by atoms with Gasteiger partial charge in [0.2, 0.25) is 0 Å². The summed E-state index contributed by atoms with van der Waals surface area (Å²) in [6.07, 6.45) is 2.27. The number of aryl methyl sites for hydroxylation is 1. The molecule has 0 radical (unpaired) electrons. The predicted octanol–water partition coefficient (Wildman–Crippen LogP) is -0.635. The fourth-order valence-corrected chi connectivity index (χ4v) is 3.19. The van der Waals surface area contributed by atoms with Crippen LogP contribution in [0.15, 0.2) is 24.3 Å². The van der Waals surface area contributed by atoms with Crippen LogP contribution in [0.4, 0.5) is 0 Å². The van der Waals surface area contributed by atoms with E-state index in [1.165, 1.54) is 31.5 Å². The first-order valence-electron chi connectivity index (χ1n) is 8.22. The van der Waals surface area contributed by atoms with Crippen molar-refractivity contribution >= 4 is 0 Å². The van der Waals surface area contributed by atoms with Crippen LogP contribution in [0.2, 0.25) is 0 Å². The molecule has 4 heteroatoms. The number of benzene rings is 1. The maximum atomic E-state index is 10.0. The van der Waals surface area contributed by atoms with Crippen LogP contribution in [0.25, 0.3) is 0 Å². The molecule has 4 N–H and O–H groups in total. The Bertz CT molecular complexity index is 425. The molecule has 0 bridgehead atoms. The monoisotopic (exact) mass is 294 g/mol. The van der Waals surface area contributed by atoms with Crippen molar-refractivity contribution in [1.82, 2.24) is 0 Å². The molecule has 1 fully saturated rings. The van der Waals surface area contributed by atoms with Crippen molar-refractivity contribution in [2.24, 2.45) is 0 Å². The lowest BCUT2D eigenvalue weighted by atomic mass is 10.2. The molecule has 1 aliphatic rings. The largest absolute Gasteiger partial charge is 0.491 e. The lowest BCUT2D eigenvalue weighted by molar-refractivity contribution is -0.924.